The second-order valence-corrected chi connectivity index (χ2v) is 5.05. The van der Waals surface area contributed by atoms with Crippen molar-refractivity contribution in [3.8, 4) is 5.75 Å². The minimum atomic E-state index is -0.705. The third-order valence-electron chi connectivity index (χ3n) is 3.14. The second-order valence-electron chi connectivity index (χ2n) is 5.05. The lowest BCUT2D eigenvalue weighted by Crippen LogP contribution is -2.41. The zero-order chi connectivity index (χ0) is 15.3. The van der Waals surface area contributed by atoms with Gasteiger partial charge in [0, 0.05) is 23.7 Å². The quantitative estimate of drug-likeness (QED) is 0.842. The molecule has 0 aliphatic carbocycles. The maximum Gasteiger partial charge on any atom is 0.260 e. The van der Waals surface area contributed by atoms with Gasteiger partial charge in [-0.3, -0.25) is 4.79 Å². The molecule has 0 saturated carbocycles. The van der Waals surface area contributed by atoms with E-state index in [0.717, 1.165) is 6.42 Å². The molecule has 0 spiro atoms. The highest BCUT2D eigenvalue weighted by atomic mass is 19.1. The van der Waals surface area contributed by atoms with Crippen LogP contribution in [0.1, 0.15) is 45.7 Å². The molecule has 1 amide bonds. The van der Waals surface area contributed by atoms with Gasteiger partial charge in [0.1, 0.15) is 11.6 Å². The van der Waals surface area contributed by atoms with Crippen LogP contribution in [0.5, 0.6) is 5.75 Å². The minimum absolute atomic E-state index is 0.0777. The summed E-state index contributed by atoms with van der Waals surface area (Å²) < 4.78 is 18.9. The molecule has 0 saturated heterocycles. The molecular formula is C15H23FN2O2. The predicted octanol–water partition coefficient (Wildman–Crippen LogP) is 2.53. The monoisotopic (exact) mass is 282 g/mol. The topological polar surface area (TPSA) is 64.3 Å². The lowest BCUT2D eigenvalue weighted by Gasteiger charge is -2.20. The van der Waals surface area contributed by atoms with Crippen LogP contribution in [0.15, 0.2) is 18.2 Å². The number of hydrogen-bond donors (Lipinski definition) is 2. The summed E-state index contributed by atoms with van der Waals surface area (Å²) in [5, 5.41) is 2.82. The molecule has 0 aliphatic rings. The number of benzene rings is 1. The van der Waals surface area contributed by atoms with Crippen LogP contribution in [-0.2, 0) is 4.79 Å². The fourth-order valence-electron chi connectivity index (χ4n) is 1.69. The molecule has 0 bridgehead atoms. The van der Waals surface area contributed by atoms with Gasteiger partial charge in [-0.1, -0.05) is 13.0 Å². The van der Waals surface area contributed by atoms with E-state index in [1.54, 1.807) is 19.9 Å². The number of carbonyl (C=O) groups excluding carboxylic acids is 1. The van der Waals surface area contributed by atoms with Gasteiger partial charge in [0.25, 0.3) is 5.91 Å². The van der Waals surface area contributed by atoms with E-state index in [4.69, 9.17) is 10.5 Å². The Morgan fingerprint density at radius 2 is 2.05 bits per heavy atom. The average Bonchev–Trinajstić information content (AvgIpc) is 2.38. The normalized spacial score (nSPS) is 15.3. The first-order valence-electron chi connectivity index (χ1n) is 6.87. The number of halogens is 1. The second kappa shape index (κ2) is 7.24. The van der Waals surface area contributed by atoms with E-state index in [1.165, 1.54) is 12.1 Å². The van der Waals surface area contributed by atoms with Crippen LogP contribution in [0.2, 0.25) is 0 Å². The van der Waals surface area contributed by atoms with Crippen molar-refractivity contribution >= 4 is 5.91 Å². The lowest BCUT2D eigenvalue weighted by molar-refractivity contribution is -0.127. The van der Waals surface area contributed by atoms with Gasteiger partial charge >= 0.3 is 0 Å². The number of rotatable bonds is 6. The number of hydrogen-bond acceptors (Lipinski definition) is 3. The Balaban J connectivity index is 2.81. The smallest absolute Gasteiger partial charge is 0.260 e. The van der Waals surface area contributed by atoms with Gasteiger partial charge in [-0.25, -0.2) is 4.39 Å². The van der Waals surface area contributed by atoms with Gasteiger partial charge in [0.2, 0.25) is 0 Å². The van der Waals surface area contributed by atoms with Gasteiger partial charge in [-0.15, -0.1) is 0 Å². The van der Waals surface area contributed by atoms with E-state index < -0.39 is 11.9 Å². The Bertz CT molecular complexity index is 463. The van der Waals surface area contributed by atoms with Crippen LogP contribution in [0.3, 0.4) is 0 Å². The number of ether oxygens (including phenoxy) is 1. The molecule has 112 valence electrons. The maximum absolute atomic E-state index is 13.3. The Labute approximate surface area is 119 Å². The van der Waals surface area contributed by atoms with Crippen LogP contribution in [-0.4, -0.2) is 18.1 Å². The van der Waals surface area contributed by atoms with Gasteiger partial charge in [-0.2, -0.15) is 0 Å². The SMILES string of the molecule is CCC(C)NC(=O)C(C)Oc1cc(F)ccc1C(C)N. The van der Waals surface area contributed by atoms with Crippen molar-refractivity contribution in [3.63, 3.8) is 0 Å². The molecular weight excluding hydrogens is 259 g/mol. The van der Waals surface area contributed by atoms with E-state index >= 15 is 0 Å². The molecule has 1 rings (SSSR count). The van der Waals surface area contributed by atoms with Crippen molar-refractivity contribution in [2.45, 2.75) is 52.3 Å². The fourth-order valence-corrected chi connectivity index (χ4v) is 1.69. The molecule has 1 aromatic rings. The van der Waals surface area contributed by atoms with E-state index in [0.29, 0.717) is 11.3 Å². The van der Waals surface area contributed by atoms with E-state index in [2.05, 4.69) is 5.32 Å². The Morgan fingerprint density at radius 3 is 2.60 bits per heavy atom. The summed E-state index contributed by atoms with van der Waals surface area (Å²) >= 11 is 0. The molecule has 4 nitrogen and oxygen atoms in total. The summed E-state index contributed by atoms with van der Waals surface area (Å²) in [4.78, 5) is 11.9. The molecule has 0 radical (unpaired) electrons. The highest BCUT2D eigenvalue weighted by Crippen LogP contribution is 2.25. The number of carbonyl (C=O) groups is 1. The van der Waals surface area contributed by atoms with Gasteiger partial charge < -0.3 is 15.8 Å². The molecule has 20 heavy (non-hydrogen) atoms. The van der Waals surface area contributed by atoms with Crippen LogP contribution in [0.25, 0.3) is 0 Å². The Morgan fingerprint density at radius 1 is 1.40 bits per heavy atom. The first-order chi connectivity index (χ1) is 9.35. The van der Waals surface area contributed by atoms with Crippen molar-refractivity contribution in [2.75, 3.05) is 0 Å². The summed E-state index contributed by atoms with van der Waals surface area (Å²) in [6.45, 7) is 7.31. The number of nitrogens with one attached hydrogen (secondary N) is 1. The molecule has 5 heteroatoms. The average molecular weight is 282 g/mol. The highest BCUT2D eigenvalue weighted by molar-refractivity contribution is 5.81. The summed E-state index contributed by atoms with van der Waals surface area (Å²) in [5.41, 5.74) is 6.49. The molecule has 0 aromatic heterocycles. The third kappa shape index (κ3) is 4.49. The van der Waals surface area contributed by atoms with Crippen LogP contribution < -0.4 is 15.8 Å². The molecule has 0 heterocycles. The van der Waals surface area contributed by atoms with Crippen molar-refractivity contribution in [1.82, 2.24) is 5.32 Å². The zero-order valence-corrected chi connectivity index (χ0v) is 12.4. The first-order valence-corrected chi connectivity index (χ1v) is 6.87. The van der Waals surface area contributed by atoms with Gasteiger partial charge in [0.15, 0.2) is 6.10 Å². The van der Waals surface area contributed by atoms with Crippen molar-refractivity contribution in [1.29, 1.82) is 0 Å². The van der Waals surface area contributed by atoms with E-state index in [1.807, 2.05) is 13.8 Å². The molecule has 0 aliphatic heterocycles. The molecule has 3 N–H and O–H groups in total. The van der Waals surface area contributed by atoms with Gasteiger partial charge in [0.05, 0.1) is 0 Å². The summed E-state index contributed by atoms with van der Waals surface area (Å²) in [7, 11) is 0. The summed E-state index contributed by atoms with van der Waals surface area (Å²) in [6, 6.07) is 3.94. The predicted molar refractivity (Wildman–Crippen MR) is 77.0 cm³/mol. The van der Waals surface area contributed by atoms with Crippen LogP contribution >= 0.6 is 0 Å². The number of amides is 1. The first kappa shape index (κ1) is 16.4. The Kier molecular flexibility index (Phi) is 5.95. The third-order valence-corrected chi connectivity index (χ3v) is 3.14. The minimum Gasteiger partial charge on any atom is -0.480 e. The molecule has 1 aromatic carbocycles. The lowest BCUT2D eigenvalue weighted by atomic mass is 10.1. The van der Waals surface area contributed by atoms with E-state index in [9.17, 15) is 9.18 Å². The van der Waals surface area contributed by atoms with Crippen molar-refractivity contribution < 1.29 is 13.9 Å². The molecule has 3 atom stereocenters. The summed E-state index contributed by atoms with van der Waals surface area (Å²) in [6.07, 6.45) is 0.132. The van der Waals surface area contributed by atoms with Crippen LogP contribution in [0, 0.1) is 5.82 Å². The molecule has 0 fully saturated rings. The van der Waals surface area contributed by atoms with Crippen molar-refractivity contribution in [3.05, 3.63) is 29.6 Å². The maximum atomic E-state index is 13.3. The highest BCUT2D eigenvalue weighted by Gasteiger charge is 2.19. The number of nitrogens with two attached hydrogens (primary N) is 1. The fraction of sp³-hybridized carbons (Fsp3) is 0.533. The standard InChI is InChI=1S/C15H23FN2O2/c1-5-9(2)18-15(19)11(4)20-14-8-12(16)6-7-13(14)10(3)17/h6-11H,5,17H2,1-4H3,(H,18,19). The summed E-state index contributed by atoms with van der Waals surface area (Å²) in [5.74, 6) is -0.329. The Hall–Kier alpha value is -1.62. The van der Waals surface area contributed by atoms with E-state index in [-0.39, 0.29) is 18.0 Å². The van der Waals surface area contributed by atoms with Crippen LogP contribution in [0.4, 0.5) is 4.39 Å². The molecule has 3 unspecified atom stereocenters. The largest absolute Gasteiger partial charge is 0.480 e. The van der Waals surface area contributed by atoms with Crippen molar-refractivity contribution in [2.24, 2.45) is 5.73 Å². The zero-order valence-electron chi connectivity index (χ0n) is 12.4. The van der Waals surface area contributed by atoms with Gasteiger partial charge in [-0.05, 0) is 33.3 Å².